The highest BCUT2D eigenvalue weighted by Gasteiger charge is 2.05. The summed E-state index contributed by atoms with van der Waals surface area (Å²) in [5, 5.41) is 2.97. The summed E-state index contributed by atoms with van der Waals surface area (Å²) in [6, 6.07) is 16.5. The van der Waals surface area contributed by atoms with Gasteiger partial charge in [-0.05, 0) is 63.8 Å². The first-order chi connectivity index (χ1) is 11.5. The molecule has 2 aromatic carbocycles. The summed E-state index contributed by atoms with van der Waals surface area (Å²) in [5.41, 5.74) is 3.23. The second-order valence-electron chi connectivity index (χ2n) is 6.21. The molecule has 2 rings (SSSR count). The number of hydrogen-bond acceptors (Lipinski definition) is 3. The van der Waals surface area contributed by atoms with E-state index in [-0.39, 0.29) is 5.91 Å². The van der Waals surface area contributed by atoms with Crippen molar-refractivity contribution in [2.45, 2.75) is 24.0 Å². The van der Waals surface area contributed by atoms with Crippen LogP contribution >= 0.6 is 11.8 Å². The van der Waals surface area contributed by atoms with Crippen LogP contribution in [0.1, 0.15) is 27.9 Å². The fraction of sp³-hybridized carbons (Fsp3) is 0.350. The van der Waals surface area contributed by atoms with Crippen LogP contribution in [0, 0.1) is 6.92 Å². The highest BCUT2D eigenvalue weighted by atomic mass is 32.2. The maximum Gasteiger partial charge on any atom is 0.251 e. The lowest BCUT2D eigenvalue weighted by Crippen LogP contribution is -2.27. The predicted octanol–water partition coefficient (Wildman–Crippen LogP) is 3.97. The molecule has 0 saturated carbocycles. The molecule has 1 N–H and O–H groups in total. The third kappa shape index (κ3) is 6.38. The zero-order valence-electron chi connectivity index (χ0n) is 14.7. The number of nitrogens with zero attached hydrogens (tertiary/aromatic N) is 1. The molecule has 0 bridgehead atoms. The summed E-state index contributed by atoms with van der Waals surface area (Å²) >= 11 is 1.81. The van der Waals surface area contributed by atoms with Gasteiger partial charge in [0.2, 0.25) is 0 Å². The van der Waals surface area contributed by atoms with E-state index < -0.39 is 0 Å². The number of carbonyl (C=O) groups is 1. The fourth-order valence-electron chi connectivity index (χ4n) is 2.25. The second kappa shape index (κ2) is 9.50. The number of rotatable bonds is 8. The van der Waals surface area contributed by atoms with Gasteiger partial charge in [0.15, 0.2) is 0 Å². The van der Waals surface area contributed by atoms with Crippen LogP contribution in [0.2, 0.25) is 0 Å². The van der Waals surface area contributed by atoms with Crippen molar-refractivity contribution in [3.63, 3.8) is 0 Å². The Morgan fingerprint density at radius 2 is 1.71 bits per heavy atom. The van der Waals surface area contributed by atoms with Gasteiger partial charge in [0.25, 0.3) is 5.91 Å². The van der Waals surface area contributed by atoms with E-state index in [2.05, 4.69) is 41.4 Å². The first-order valence-corrected chi connectivity index (χ1v) is 9.24. The van der Waals surface area contributed by atoms with Gasteiger partial charge in [0.05, 0.1) is 0 Å². The minimum Gasteiger partial charge on any atom is -0.352 e. The van der Waals surface area contributed by atoms with E-state index in [1.165, 1.54) is 16.0 Å². The van der Waals surface area contributed by atoms with Crippen molar-refractivity contribution in [1.82, 2.24) is 10.2 Å². The minimum absolute atomic E-state index is 0.00601. The number of amides is 1. The molecule has 0 fully saturated rings. The average Bonchev–Trinajstić information content (AvgIpc) is 2.58. The number of thioether (sulfide) groups is 1. The molecule has 24 heavy (non-hydrogen) atoms. The SMILES string of the molecule is Cc1ccc(SCc2ccc(C(=O)NCCCN(C)C)cc2)cc1. The molecule has 128 valence electrons. The lowest BCUT2D eigenvalue weighted by Gasteiger charge is -2.10. The van der Waals surface area contributed by atoms with E-state index in [0.717, 1.165) is 24.3 Å². The van der Waals surface area contributed by atoms with Crippen molar-refractivity contribution in [1.29, 1.82) is 0 Å². The monoisotopic (exact) mass is 342 g/mol. The lowest BCUT2D eigenvalue weighted by atomic mass is 10.1. The number of hydrogen-bond donors (Lipinski definition) is 1. The number of aryl methyl sites for hydroxylation is 1. The predicted molar refractivity (Wildman–Crippen MR) is 103 cm³/mol. The average molecular weight is 343 g/mol. The van der Waals surface area contributed by atoms with Gasteiger partial charge in [-0.2, -0.15) is 0 Å². The molecule has 2 aromatic rings. The van der Waals surface area contributed by atoms with E-state index in [1.54, 1.807) is 0 Å². The highest BCUT2D eigenvalue weighted by Crippen LogP contribution is 2.23. The Labute approximate surface area is 149 Å². The van der Waals surface area contributed by atoms with Gasteiger partial charge in [-0.15, -0.1) is 11.8 Å². The fourth-order valence-corrected chi connectivity index (χ4v) is 3.11. The van der Waals surface area contributed by atoms with Gasteiger partial charge in [-0.25, -0.2) is 0 Å². The molecular weight excluding hydrogens is 316 g/mol. The second-order valence-corrected chi connectivity index (χ2v) is 7.26. The van der Waals surface area contributed by atoms with Crippen LogP contribution in [0.3, 0.4) is 0 Å². The molecule has 0 aliphatic carbocycles. The maximum absolute atomic E-state index is 12.1. The third-order valence-corrected chi connectivity index (χ3v) is 4.79. The van der Waals surface area contributed by atoms with Crippen LogP contribution in [-0.2, 0) is 5.75 Å². The standard InChI is InChI=1S/C20H26N2OS/c1-16-5-11-19(12-6-16)24-15-17-7-9-18(10-8-17)20(23)21-13-4-14-22(2)3/h5-12H,4,13-15H2,1-3H3,(H,21,23). The van der Waals surface area contributed by atoms with Gasteiger partial charge in [-0.3, -0.25) is 4.79 Å². The van der Waals surface area contributed by atoms with Crippen molar-refractivity contribution in [2.75, 3.05) is 27.2 Å². The van der Waals surface area contributed by atoms with Crippen molar-refractivity contribution >= 4 is 17.7 Å². The molecule has 4 heteroatoms. The van der Waals surface area contributed by atoms with Crippen molar-refractivity contribution in [3.8, 4) is 0 Å². The van der Waals surface area contributed by atoms with E-state index in [0.29, 0.717) is 6.54 Å². The quantitative estimate of drug-likeness (QED) is 0.582. The van der Waals surface area contributed by atoms with Gasteiger partial charge in [-0.1, -0.05) is 29.8 Å². The Morgan fingerprint density at radius 3 is 2.33 bits per heavy atom. The zero-order chi connectivity index (χ0) is 17.4. The highest BCUT2D eigenvalue weighted by molar-refractivity contribution is 7.98. The first kappa shape index (κ1) is 18.6. The number of nitrogens with one attached hydrogen (secondary N) is 1. The Bertz CT molecular complexity index is 636. The molecule has 1 amide bonds. The molecule has 0 aliphatic heterocycles. The van der Waals surface area contributed by atoms with Crippen LogP contribution in [0.5, 0.6) is 0 Å². The lowest BCUT2D eigenvalue weighted by molar-refractivity contribution is 0.0952. The van der Waals surface area contributed by atoms with E-state index in [1.807, 2.05) is 50.1 Å². The largest absolute Gasteiger partial charge is 0.352 e. The zero-order valence-corrected chi connectivity index (χ0v) is 15.5. The van der Waals surface area contributed by atoms with Gasteiger partial charge in [0.1, 0.15) is 0 Å². The molecule has 0 radical (unpaired) electrons. The molecule has 3 nitrogen and oxygen atoms in total. The number of benzene rings is 2. The first-order valence-electron chi connectivity index (χ1n) is 8.26. The maximum atomic E-state index is 12.1. The Kier molecular flexibility index (Phi) is 7.35. The smallest absolute Gasteiger partial charge is 0.251 e. The Hall–Kier alpha value is -1.78. The van der Waals surface area contributed by atoms with Crippen LogP contribution in [0.15, 0.2) is 53.4 Å². The molecule has 0 unspecified atom stereocenters. The van der Waals surface area contributed by atoms with Crippen LogP contribution in [0.4, 0.5) is 0 Å². The molecule has 0 heterocycles. The summed E-state index contributed by atoms with van der Waals surface area (Å²) in [6.45, 7) is 3.79. The van der Waals surface area contributed by atoms with Gasteiger partial charge < -0.3 is 10.2 Å². The van der Waals surface area contributed by atoms with E-state index in [9.17, 15) is 4.79 Å². The van der Waals surface area contributed by atoms with Crippen molar-refractivity contribution in [2.24, 2.45) is 0 Å². The summed E-state index contributed by atoms with van der Waals surface area (Å²) in [4.78, 5) is 15.5. The Morgan fingerprint density at radius 1 is 1.04 bits per heavy atom. The third-order valence-electron chi connectivity index (χ3n) is 3.71. The summed E-state index contributed by atoms with van der Waals surface area (Å²) < 4.78 is 0. The molecule has 0 aliphatic rings. The number of carbonyl (C=O) groups excluding carboxylic acids is 1. The van der Waals surface area contributed by atoms with Crippen molar-refractivity contribution < 1.29 is 4.79 Å². The summed E-state index contributed by atoms with van der Waals surface area (Å²) in [5.74, 6) is 0.917. The minimum atomic E-state index is 0.00601. The Balaban J connectivity index is 1.79. The molecule has 0 spiro atoms. The molecular formula is C20H26N2OS. The van der Waals surface area contributed by atoms with Gasteiger partial charge in [0, 0.05) is 22.8 Å². The van der Waals surface area contributed by atoms with Crippen LogP contribution in [0.25, 0.3) is 0 Å². The van der Waals surface area contributed by atoms with Crippen LogP contribution in [-0.4, -0.2) is 38.0 Å². The van der Waals surface area contributed by atoms with E-state index in [4.69, 9.17) is 0 Å². The topological polar surface area (TPSA) is 32.3 Å². The van der Waals surface area contributed by atoms with Crippen LogP contribution < -0.4 is 5.32 Å². The summed E-state index contributed by atoms with van der Waals surface area (Å²) in [7, 11) is 4.07. The van der Waals surface area contributed by atoms with E-state index >= 15 is 0 Å². The van der Waals surface area contributed by atoms with Gasteiger partial charge >= 0.3 is 0 Å². The summed E-state index contributed by atoms with van der Waals surface area (Å²) in [6.07, 6.45) is 0.962. The van der Waals surface area contributed by atoms with Crippen molar-refractivity contribution in [3.05, 3.63) is 65.2 Å². The molecule has 0 saturated heterocycles. The molecule has 0 atom stereocenters. The molecule has 0 aromatic heterocycles. The normalized spacial score (nSPS) is 10.8.